The van der Waals surface area contributed by atoms with Gasteiger partial charge in [0.25, 0.3) is 0 Å². The summed E-state index contributed by atoms with van der Waals surface area (Å²) in [6.07, 6.45) is 14.8. The molecular weight excluding hydrogens is 254 g/mol. The van der Waals surface area contributed by atoms with Gasteiger partial charge in [-0.25, -0.2) is 0 Å². The Bertz CT molecular complexity index is 255. The minimum Gasteiger partial charge on any atom is -0.309 e. The summed E-state index contributed by atoms with van der Waals surface area (Å²) in [4.78, 5) is 2.29. The maximum atomic E-state index is 2.55. The topological polar surface area (TPSA) is 3.24 Å². The zero-order chi connectivity index (χ0) is 16.1. The second-order valence-corrected chi connectivity index (χ2v) is 7.15. The molecule has 0 saturated carbocycles. The lowest BCUT2D eigenvalue weighted by Gasteiger charge is -2.29. The van der Waals surface area contributed by atoms with Crippen LogP contribution < -0.4 is 0 Å². The van der Waals surface area contributed by atoms with Gasteiger partial charge in [-0.15, -0.1) is 0 Å². The SMILES string of the molecule is CCC.CCCC1=CCC(CCCCCN(C)C)C(C)C1. The van der Waals surface area contributed by atoms with E-state index in [-0.39, 0.29) is 0 Å². The highest BCUT2D eigenvalue weighted by Crippen LogP contribution is 2.34. The molecule has 1 aliphatic carbocycles. The Balaban J connectivity index is 0.00000122. The fraction of sp³-hybridized carbons (Fsp3) is 0.900. The van der Waals surface area contributed by atoms with Gasteiger partial charge in [-0.3, -0.25) is 0 Å². The van der Waals surface area contributed by atoms with E-state index in [1.165, 1.54) is 64.3 Å². The van der Waals surface area contributed by atoms with Gasteiger partial charge in [-0.1, -0.05) is 65.0 Å². The standard InChI is InChI=1S/C17H33N.C3H8/c1-5-9-16-11-12-17(15(2)14-16)10-7-6-8-13-18(3)4;1-3-2/h11,15,17H,5-10,12-14H2,1-4H3;3H2,1-2H3. The first-order chi connectivity index (χ1) is 10.0. The van der Waals surface area contributed by atoms with Crippen molar-refractivity contribution in [2.24, 2.45) is 11.8 Å². The Hall–Kier alpha value is -0.300. The number of nitrogens with zero attached hydrogens (tertiary/aromatic N) is 1. The molecule has 0 bridgehead atoms. The number of unbranched alkanes of at least 4 members (excludes halogenated alkanes) is 2. The van der Waals surface area contributed by atoms with Crippen LogP contribution in [0.2, 0.25) is 0 Å². The molecule has 2 atom stereocenters. The molecule has 0 spiro atoms. The van der Waals surface area contributed by atoms with Crippen molar-refractivity contribution in [1.29, 1.82) is 0 Å². The zero-order valence-electron chi connectivity index (χ0n) is 15.8. The minimum atomic E-state index is 0.922. The number of allylic oxidation sites excluding steroid dienone is 2. The van der Waals surface area contributed by atoms with Crippen molar-refractivity contribution in [2.45, 2.75) is 85.5 Å². The van der Waals surface area contributed by atoms with E-state index in [0.717, 1.165) is 11.8 Å². The molecule has 21 heavy (non-hydrogen) atoms. The normalized spacial score (nSPS) is 21.8. The second-order valence-electron chi connectivity index (χ2n) is 7.15. The molecule has 0 fully saturated rings. The van der Waals surface area contributed by atoms with Crippen LogP contribution in [0.1, 0.15) is 85.5 Å². The van der Waals surface area contributed by atoms with Crippen LogP contribution in [0.5, 0.6) is 0 Å². The van der Waals surface area contributed by atoms with Crippen LogP contribution in [0, 0.1) is 11.8 Å². The quantitative estimate of drug-likeness (QED) is 0.375. The summed E-state index contributed by atoms with van der Waals surface area (Å²) in [5.41, 5.74) is 1.73. The zero-order valence-corrected chi connectivity index (χ0v) is 15.8. The van der Waals surface area contributed by atoms with Crippen molar-refractivity contribution < 1.29 is 0 Å². The predicted molar refractivity (Wildman–Crippen MR) is 97.9 cm³/mol. The summed E-state index contributed by atoms with van der Waals surface area (Å²) in [5.74, 6) is 1.88. The fourth-order valence-electron chi connectivity index (χ4n) is 3.15. The monoisotopic (exact) mass is 295 g/mol. The van der Waals surface area contributed by atoms with Gasteiger partial charge < -0.3 is 4.90 Å². The highest BCUT2D eigenvalue weighted by molar-refractivity contribution is 5.07. The van der Waals surface area contributed by atoms with E-state index in [9.17, 15) is 0 Å². The number of hydrogen-bond donors (Lipinski definition) is 0. The molecule has 1 heteroatoms. The third kappa shape index (κ3) is 11.0. The van der Waals surface area contributed by atoms with Crippen LogP contribution >= 0.6 is 0 Å². The molecule has 126 valence electrons. The van der Waals surface area contributed by atoms with Crippen molar-refractivity contribution in [1.82, 2.24) is 4.90 Å². The molecule has 0 radical (unpaired) electrons. The van der Waals surface area contributed by atoms with E-state index in [0.29, 0.717) is 0 Å². The van der Waals surface area contributed by atoms with Crippen molar-refractivity contribution in [3.63, 3.8) is 0 Å². The highest BCUT2D eigenvalue weighted by atomic mass is 15.0. The Kier molecular flexibility index (Phi) is 13.2. The van der Waals surface area contributed by atoms with E-state index in [4.69, 9.17) is 0 Å². The van der Waals surface area contributed by atoms with Crippen molar-refractivity contribution >= 4 is 0 Å². The first-order valence-corrected chi connectivity index (χ1v) is 9.37. The molecule has 0 N–H and O–H groups in total. The molecule has 0 heterocycles. The summed E-state index contributed by atoms with van der Waals surface area (Å²) in [6, 6.07) is 0. The first-order valence-electron chi connectivity index (χ1n) is 9.37. The smallest absolute Gasteiger partial charge is 0.00248 e. The van der Waals surface area contributed by atoms with E-state index < -0.39 is 0 Å². The van der Waals surface area contributed by atoms with Gasteiger partial charge >= 0.3 is 0 Å². The molecule has 0 amide bonds. The van der Waals surface area contributed by atoms with Gasteiger partial charge in [0.2, 0.25) is 0 Å². The van der Waals surface area contributed by atoms with Crippen LogP contribution in [0.25, 0.3) is 0 Å². The van der Waals surface area contributed by atoms with Gasteiger partial charge in [-0.05, 0) is 64.6 Å². The van der Waals surface area contributed by atoms with Crippen molar-refractivity contribution in [3.05, 3.63) is 11.6 Å². The van der Waals surface area contributed by atoms with E-state index in [1.54, 1.807) is 5.57 Å². The Morgan fingerprint density at radius 3 is 2.29 bits per heavy atom. The summed E-state index contributed by atoms with van der Waals surface area (Å²) in [5, 5.41) is 0. The minimum absolute atomic E-state index is 0.922. The Morgan fingerprint density at radius 1 is 1.10 bits per heavy atom. The van der Waals surface area contributed by atoms with Gasteiger partial charge in [0.05, 0.1) is 0 Å². The number of hydrogen-bond acceptors (Lipinski definition) is 1. The molecule has 1 aliphatic rings. The summed E-state index contributed by atoms with van der Waals surface area (Å²) in [7, 11) is 4.34. The molecular formula is C20H41N. The third-order valence-corrected chi connectivity index (χ3v) is 4.35. The van der Waals surface area contributed by atoms with Gasteiger partial charge in [-0.2, -0.15) is 0 Å². The average molecular weight is 296 g/mol. The lowest BCUT2D eigenvalue weighted by atomic mass is 9.77. The largest absolute Gasteiger partial charge is 0.309 e. The summed E-state index contributed by atoms with van der Waals surface area (Å²) < 4.78 is 0. The molecule has 0 aromatic rings. The Morgan fingerprint density at radius 2 is 1.76 bits per heavy atom. The van der Waals surface area contributed by atoms with Crippen LogP contribution in [0.4, 0.5) is 0 Å². The third-order valence-electron chi connectivity index (χ3n) is 4.35. The van der Waals surface area contributed by atoms with Crippen LogP contribution in [0.15, 0.2) is 11.6 Å². The number of rotatable bonds is 8. The van der Waals surface area contributed by atoms with Gasteiger partial charge in [0, 0.05) is 0 Å². The van der Waals surface area contributed by atoms with E-state index in [1.807, 2.05) is 0 Å². The summed E-state index contributed by atoms with van der Waals surface area (Å²) >= 11 is 0. The second kappa shape index (κ2) is 13.4. The van der Waals surface area contributed by atoms with Crippen LogP contribution in [0.3, 0.4) is 0 Å². The highest BCUT2D eigenvalue weighted by Gasteiger charge is 2.21. The summed E-state index contributed by atoms with van der Waals surface area (Å²) in [6.45, 7) is 10.3. The predicted octanol–water partition coefficient (Wildman–Crippen LogP) is 6.30. The maximum Gasteiger partial charge on any atom is -0.00248 e. The molecule has 2 unspecified atom stereocenters. The molecule has 0 saturated heterocycles. The van der Waals surface area contributed by atoms with Gasteiger partial charge in [0.15, 0.2) is 0 Å². The van der Waals surface area contributed by atoms with Crippen molar-refractivity contribution in [2.75, 3.05) is 20.6 Å². The lowest BCUT2D eigenvalue weighted by molar-refractivity contribution is 0.302. The Labute approximate surface area is 135 Å². The van der Waals surface area contributed by atoms with Gasteiger partial charge in [0.1, 0.15) is 0 Å². The average Bonchev–Trinajstić information content (AvgIpc) is 2.41. The fourth-order valence-corrected chi connectivity index (χ4v) is 3.15. The first kappa shape index (κ1) is 20.7. The molecule has 1 nitrogen and oxygen atoms in total. The van der Waals surface area contributed by atoms with Crippen LogP contribution in [-0.4, -0.2) is 25.5 Å². The molecule has 0 aromatic carbocycles. The van der Waals surface area contributed by atoms with Crippen molar-refractivity contribution in [3.8, 4) is 0 Å². The van der Waals surface area contributed by atoms with E-state index >= 15 is 0 Å². The lowest BCUT2D eigenvalue weighted by Crippen LogP contribution is -2.17. The molecule has 1 rings (SSSR count). The van der Waals surface area contributed by atoms with Crippen LogP contribution in [-0.2, 0) is 0 Å². The van der Waals surface area contributed by atoms with E-state index in [2.05, 4.69) is 52.8 Å². The molecule has 0 aromatic heterocycles. The maximum absolute atomic E-state index is 2.55. The molecule has 0 aliphatic heterocycles.